The van der Waals surface area contributed by atoms with Crippen LogP contribution >= 0.6 is 0 Å². The third-order valence-corrected chi connectivity index (χ3v) is 5.23. The summed E-state index contributed by atoms with van der Waals surface area (Å²) in [5, 5.41) is 2.75. The second kappa shape index (κ2) is 3.83. The van der Waals surface area contributed by atoms with Crippen LogP contribution < -0.4 is 0 Å². The van der Waals surface area contributed by atoms with Crippen molar-refractivity contribution in [2.45, 2.75) is 31.7 Å². The minimum Gasteiger partial charge on any atom is -0.300 e. The van der Waals surface area contributed by atoms with Crippen LogP contribution in [-0.2, 0) is 5.41 Å². The molecule has 1 saturated carbocycles. The molecule has 0 radical (unpaired) electrons. The van der Waals surface area contributed by atoms with Gasteiger partial charge in [-0.25, -0.2) is 0 Å². The number of benzene rings is 2. The highest BCUT2D eigenvalue weighted by atomic mass is 15.2. The predicted octanol–water partition coefficient (Wildman–Crippen LogP) is 3.82. The lowest BCUT2D eigenvalue weighted by molar-refractivity contribution is 0.243. The zero-order chi connectivity index (χ0) is 13.0. The number of likely N-dealkylation sites (tertiary alicyclic amines) is 1. The summed E-state index contributed by atoms with van der Waals surface area (Å²) in [4.78, 5) is 2.64. The molecule has 1 aliphatic carbocycles. The highest BCUT2D eigenvalue weighted by Crippen LogP contribution is 2.59. The van der Waals surface area contributed by atoms with Gasteiger partial charge in [-0.05, 0) is 42.5 Å². The van der Waals surface area contributed by atoms with Gasteiger partial charge in [0.2, 0.25) is 0 Å². The molecule has 1 heterocycles. The van der Waals surface area contributed by atoms with E-state index in [2.05, 4.69) is 61.2 Å². The van der Waals surface area contributed by atoms with Crippen molar-refractivity contribution in [3.8, 4) is 0 Å². The average Bonchev–Trinajstić information content (AvgIpc) is 3.00. The molecule has 0 aromatic heterocycles. The van der Waals surface area contributed by atoms with Crippen LogP contribution in [0.5, 0.6) is 0 Å². The van der Waals surface area contributed by atoms with Crippen molar-refractivity contribution < 1.29 is 0 Å². The summed E-state index contributed by atoms with van der Waals surface area (Å²) in [6.45, 7) is 7.19. The van der Waals surface area contributed by atoms with Crippen molar-refractivity contribution in [2.24, 2.45) is 5.92 Å². The maximum atomic E-state index is 2.64. The van der Waals surface area contributed by atoms with E-state index in [9.17, 15) is 0 Å². The van der Waals surface area contributed by atoms with Gasteiger partial charge in [0.25, 0.3) is 0 Å². The number of piperidine rings is 1. The Morgan fingerprint density at radius 1 is 1.11 bits per heavy atom. The van der Waals surface area contributed by atoms with Crippen LogP contribution in [0, 0.1) is 5.92 Å². The van der Waals surface area contributed by atoms with Crippen LogP contribution in [0.25, 0.3) is 10.8 Å². The third-order valence-electron chi connectivity index (χ3n) is 5.23. The number of fused-ring (bicyclic) bond motifs is 2. The fourth-order valence-electron chi connectivity index (χ4n) is 3.86. The molecule has 0 amide bonds. The SMILES string of the molecule is CC(C)N1C[C@@H]2C[C@]2(c2ccc3ccccc3c2)C1. The summed E-state index contributed by atoms with van der Waals surface area (Å²) in [6.07, 6.45) is 1.40. The second-order valence-electron chi connectivity index (χ2n) is 6.64. The summed E-state index contributed by atoms with van der Waals surface area (Å²) in [5.41, 5.74) is 2.05. The Bertz CT molecular complexity index is 630. The molecule has 0 spiro atoms. The van der Waals surface area contributed by atoms with E-state index in [1.54, 1.807) is 5.56 Å². The lowest BCUT2D eigenvalue weighted by Gasteiger charge is -2.24. The van der Waals surface area contributed by atoms with Gasteiger partial charge in [-0.3, -0.25) is 4.90 Å². The van der Waals surface area contributed by atoms with E-state index in [-0.39, 0.29) is 0 Å². The molecule has 1 heteroatoms. The molecule has 1 nitrogen and oxygen atoms in total. The Labute approximate surface area is 115 Å². The van der Waals surface area contributed by atoms with E-state index in [1.165, 1.54) is 30.3 Å². The molecular formula is C18H21N. The molecule has 1 aliphatic heterocycles. The van der Waals surface area contributed by atoms with E-state index in [0.29, 0.717) is 11.5 Å². The topological polar surface area (TPSA) is 3.24 Å². The minimum absolute atomic E-state index is 0.480. The van der Waals surface area contributed by atoms with Gasteiger partial charge in [0.15, 0.2) is 0 Å². The molecule has 4 rings (SSSR count). The van der Waals surface area contributed by atoms with Gasteiger partial charge in [0, 0.05) is 24.5 Å². The van der Waals surface area contributed by atoms with E-state index in [1.807, 2.05) is 0 Å². The van der Waals surface area contributed by atoms with Crippen molar-refractivity contribution in [3.05, 3.63) is 48.0 Å². The number of rotatable bonds is 2. The van der Waals surface area contributed by atoms with E-state index in [0.717, 1.165) is 5.92 Å². The predicted molar refractivity (Wildman–Crippen MR) is 80.4 cm³/mol. The van der Waals surface area contributed by atoms with Crippen molar-refractivity contribution in [1.29, 1.82) is 0 Å². The highest BCUT2D eigenvalue weighted by Gasteiger charge is 2.60. The normalized spacial score (nSPS) is 29.9. The van der Waals surface area contributed by atoms with Gasteiger partial charge in [0.05, 0.1) is 0 Å². The zero-order valence-electron chi connectivity index (χ0n) is 11.8. The Kier molecular flexibility index (Phi) is 2.32. The zero-order valence-corrected chi connectivity index (χ0v) is 11.8. The van der Waals surface area contributed by atoms with Crippen LogP contribution in [0.1, 0.15) is 25.8 Å². The largest absolute Gasteiger partial charge is 0.300 e. The summed E-state index contributed by atoms with van der Waals surface area (Å²) >= 11 is 0. The van der Waals surface area contributed by atoms with Gasteiger partial charge in [-0.2, -0.15) is 0 Å². The smallest absolute Gasteiger partial charge is 0.0125 e. The van der Waals surface area contributed by atoms with Gasteiger partial charge >= 0.3 is 0 Å². The first-order valence-electron chi connectivity index (χ1n) is 7.42. The molecular weight excluding hydrogens is 230 g/mol. The lowest BCUT2D eigenvalue weighted by atomic mass is 9.92. The van der Waals surface area contributed by atoms with Gasteiger partial charge in [-0.1, -0.05) is 42.5 Å². The molecule has 2 aromatic carbocycles. The van der Waals surface area contributed by atoms with Gasteiger partial charge in [0.1, 0.15) is 0 Å². The van der Waals surface area contributed by atoms with Crippen molar-refractivity contribution in [2.75, 3.05) is 13.1 Å². The minimum atomic E-state index is 0.480. The number of hydrogen-bond acceptors (Lipinski definition) is 1. The molecule has 1 saturated heterocycles. The van der Waals surface area contributed by atoms with Crippen molar-refractivity contribution in [3.63, 3.8) is 0 Å². The fourth-order valence-corrected chi connectivity index (χ4v) is 3.86. The molecule has 2 fully saturated rings. The van der Waals surface area contributed by atoms with Gasteiger partial charge < -0.3 is 0 Å². The van der Waals surface area contributed by atoms with E-state index in [4.69, 9.17) is 0 Å². The van der Waals surface area contributed by atoms with E-state index < -0.39 is 0 Å². The first-order valence-corrected chi connectivity index (χ1v) is 7.42. The number of nitrogens with zero attached hydrogens (tertiary/aromatic N) is 1. The van der Waals surface area contributed by atoms with Crippen LogP contribution in [0.3, 0.4) is 0 Å². The fraction of sp³-hybridized carbons (Fsp3) is 0.444. The highest BCUT2D eigenvalue weighted by molar-refractivity contribution is 5.83. The van der Waals surface area contributed by atoms with Crippen molar-refractivity contribution in [1.82, 2.24) is 4.90 Å². The van der Waals surface area contributed by atoms with E-state index >= 15 is 0 Å². The number of hydrogen-bond donors (Lipinski definition) is 0. The maximum Gasteiger partial charge on any atom is 0.0125 e. The van der Waals surface area contributed by atoms with Crippen molar-refractivity contribution >= 4 is 10.8 Å². The Morgan fingerprint density at radius 2 is 1.89 bits per heavy atom. The van der Waals surface area contributed by atoms with Crippen LogP contribution in [-0.4, -0.2) is 24.0 Å². The summed E-state index contributed by atoms with van der Waals surface area (Å²) in [7, 11) is 0. The maximum absolute atomic E-state index is 2.64. The lowest BCUT2D eigenvalue weighted by Crippen LogP contribution is -2.32. The molecule has 19 heavy (non-hydrogen) atoms. The molecule has 98 valence electrons. The quantitative estimate of drug-likeness (QED) is 0.784. The standard InChI is InChI=1S/C18H21N/c1-13(2)19-11-17-10-18(17,12-19)16-8-7-14-5-3-4-6-15(14)9-16/h3-9,13,17H,10-12H2,1-2H3/t17-,18+/m0/s1. The summed E-state index contributed by atoms with van der Waals surface area (Å²) in [6, 6.07) is 16.5. The summed E-state index contributed by atoms with van der Waals surface area (Å²) in [5.74, 6) is 0.899. The molecule has 2 aromatic rings. The summed E-state index contributed by atoms with van der Waals surface area (Å²) < 4.78 is 0. The molecule has 0 N–H and O–H groups in total. The molecule has 2 atom stereocenters. The molecule has 2 aliphatic rings. The molecule has 0 bridgehead atoms. The first-order chi connectivity index (χ1) is 9.19. The Balaban J connectivity index is 1.72. The average molecular weight is 251 g/mol. The first kappa shape index (κ1) is 11.5. The third kappa shape index (κ3) is 1.64. The van der Waals surface area contributed by atoms with Gasteiger partial charge in [-0.15, -0.1) is 0 Å². The van der Waals surface area contributed by atoms with Crippen LogP contribution in [0.15, 0.2) is 42.5 Å². The Morgan fingerprint density at radius 3 is 2.63 bits per heavy atom. The molecule has 0 unspecified atom stereocenters. The Hall–Kier alpha value is -1.34. The monoisotopic (exact) mass is 251 g/mol. The second-order valence-corrected chi connectivity index (χ2v) is 6.64. The van der Waals surface area contributed by atoms with Crippen LogP contribution in [0.2, 0.25) is 0 Å². The van der Waals surface area contributed by atoms with Crippen LogP contribution in [0.4, 0.5) is 0 Å².